The molecular formula is C22H24BrN3OS. The molecule has 146 valence electrons. The van der Waals surface area contributed by atoms with E-state index in [1.807, 2.05) is 36.4 Å². The van der Waals surface area contributed by atoms with Gasteiger partial charge in [-0.25, -0.2) is 0 Å². The zero-order valence-corrected chi connectivity index (χ0v) is 18.5. The minimum absolute atomic E-state index is 0.0643. The summed E-state index contributed by atoms with van der Waals surface area (Å²) in [5.74, 6) is 0.138. The van der Waals surface area contributed by atoms with E-state index >= 15 is 0 Å². The average molecular weight is 458 g/mol. The van der Waals surface area contributed by atoms with Crippen LogP contribution in [0.3, 0.4) is 0 Å². The van der Waals surface area contributed by atoms with Crippen LogP contribution < -0.4 is 0 Å². The third-order valence-electron chi connectivity index (χ3n) is 4.65. The van der Waals surface area contributed by atoms with Gasteiger partial charge >= 0.3 is 0 Å². The topological polar surface area (TPSA) is 45.0 Å². The second kappa shape index (κ2) is 10.0. The van der Waals surface area contributed by atoms with Crippen molar-refractivity contribution in [2.75, 3.05) is 0 Å². The number of hydrogen-bond acceptors (Lipinski definition) is 4. The molecule has 6 heteroatoms. The highest BCUT2D eigenvalue weighted by molar-refractivity contribution is 9.10. The standard InChI is InChI=1S/C22H24BrN3OS/c1-3-4-9-20-21(27)26(15-18-8-6-5-7-16(18)2)22(28-20)25-24-14-17-10-12-19(23)13-11-17/h5-8,10-14,20H,3-4,9,15H2,1-2H3/b24-14-,25-22+/t20-/m1/s1. The van der Waals surface area contributed by atoms with E-state index in [2.05, 4.69) is 52.1 Å². The lowest BCUT2D eigenvalue weighted by Gasteiger charge is -2.17. The van der Waals surface area contributed by atoms with Crippen LogP contribution in [0, 0.1) is 6.92 Å². The lowest BCUT2D eigenvalue weighted by atomic mass is 10.1. The zero-order valence-electron chi connectivity index (χ0n) is 16.1. The highest BCUT2D eigenvalue weighted by atomic mass is 79.9. The average Bonchev–Trinajstić information content (AvgIpc) is 2.98. The second-order valence-corrected chi connectivity index (χ2v) is 8.86. The van der Waals surface area contributed by atoms with E-state index in [-0.39, 0.29) is 11.2 Å². The number of amidine groups is 1. The van der Waals surface area contributed by atoms with E-state index in [1.54, 1.807) is 11.1 Å². The van der Waals surface area contributed by atoms with Crippen LogP contribution in [0.2, 0.25) is 0 Å². The molecule has 1 aliphatic rings. The molecule has 1 fully saturated rings. The molecule has 4 nitrogen and oxygen atoms in total. The summed E-state index contributed by atoms with van der Waals surface area (Å²) < 4.78 is 1.02. The van der Waals surface area contributed by atoms with Gasteiger partial charge in [-0.3, -0.25) is 9.69 Å². The van der Waals surface area contributed by atoms with Crippen molar-refractivity contribution in [2.24, 2.45) is 10.2 Å². The Morgan fingerprint density at radius 3 is 2.64 bits per heavy atom. The van der Waals surface area contributed by atoms with Crippen LogP contribution in [0.15, 0.2) is 63.2 Å². The van der Waals surface area contributed by atoms with Crippen LogP contribution in [0.1, 0.15) is 42.9 Å². The molecule has 1 heterocycles. The molecule has 0 bridgehead atoms. The molecular weight excluding hydrogens is 434 g/mol. The van der Waals surface area contributed by atoms with Crippen molar-refractivity contribution in [3.05, 3.63) is 69.7 Å². The molecule has 0 unspecified atom stereocenters. The molecule has 2 aromatic carbocycles. The molecule has 1 atom stereocenters. The Labute approximate surface area is 179 Å². The maximum atomic E-state index is 13.0. The fourth-order valence-electron chi connectivity index (χ4n) is 2.96. The van der Waals surface area contributed by atoms with Gasteiger partial charge in [0, 0.05) is 4.47 Å². The minimum Gasteiger partial charge on any atom is -0.284 e. The van der Waals surface area contributed by atoms with Gasteiger partial charge in [0.05, 0.1) is 18.0 Å². The second-order valence-electron chi connectivity index (χ2n) is 6.78. The third-order valence-corrected chi connectivity index (χ3v) is 6.41. The normalized spacial score (nSPS) is 18.5. The van der Waals surface area contributed by atoms with Gasteiger partial charge < -0.3 is 0 Å². The van der Waals surface area contributed by atoms with Crippen LogP contribution in [0.5, 0.6) is 0 Å². The van der Waals surface area contributed by atoms with Gasteiger partial charge in [-0.1, -0.05) is 83.9 Å². The Balaban J connectivity index is 1.81. The maximum absolute atomic E-state index is 13.0. The number of carbonyl (C=O) groups excluding carboxylic acids is 1. The molecule has 2 aromatic rings. The SMILES string of the molecule is CCCC[C@H]1S/C(=N/N=C\c2ccc(Br)cc2)N(Cc2ccccc2C)C1=O. The number of hydrogen-bond donors (Lipinski definition) is 0. The van der Waals surface area contributed by atoms with Gasteiger partial charge in [0.2, 0.25) is 5.91 Å². The molecule has 0 N–H and O–H groups in total. The van der Waals surface area contributed by atoms with Crippen LogP contribution in [-0.4, -0.2) is 27.4 Å². The van der Waals surface area contributed by atoms with E-state index in [9.17, 15) is 4.79 Å². The maximum Gasteiger partial charge on any atom is 0.242 e. The van der Waals surface area contributed by atoms with Crippen molar-refractivity contribution in [3.8, 4) is 0 Å². The van der Waals surface area contributed by atoms with Crippen molar-refractivity contribution in [1.82, 2.24) is 4.90 Å². The number of thioether (sulfide) groups is 1. The minimum atomic E-state index is -0.0643. The summed E-state index contributed by atoms with van der Waals surface area (Å²) in [6, 6.07) is 16.0. The van der Waals surface area contributed by atoms with E-state index < -0.39 is 0 Å². The Kier molecular flexibility index (Phi) is 7.45. The Morgan fingerprint density at radius 1 is 1.18 bits per heavy atom. The first-order valence-electron chi connectivity index (χ1n) is 9.47. The number of amides is 1. The molecule has 0 spiro atoms. The quantitative estimate of drug-likeness (QED) is 0.390. The number of nitrogens with zero attached hydrogens (tertiary/aromatic N) is 3. The van der Waals surface area contributed by atoms with E-state index in [0.29, 0.717) is 11.7 Å². The van der Waals surface area contributed by atoms with Crippen LogP contribution in [0.4, 0.5) is 0 Å². The predicted octanol–water partition coefficient (Wildman–Crippen LogP) is 5.78. The Hall–Kier alpha value is -1.92. The highest BCUT2D eigenvalue weighted by Gasteiger charge is 2.37. The van der Waals surface area contributed by atoms with E-state index in [1.165, 1.54) is 17.3 Å². The summed E-state index contributed by atoms with van der Waals surface area (Å²) in [4.78, 5) is 14.8. The van der Waals surface area contributed by atoms with Gasteiger partial charge in [0.25, 0.3) is 0 Å². The van der Waals surface area contributed by atoms with Gasteiger partial charge in [0.15, 0.2) is 5.17 Å². The number of carbonyl (C=O) groups is 1. The monoisotopic (exact) mass is 457 g/mol. The largest absolute Gasteiger partial charge is 0.284 e. The van der Waals surface area contributed by atoms with Crippen molar-refractivity contribution < 1.29 is 4.79 Å². The number of aryl methyl sites for hydroxylation is 1. The van der Waals surface area contributed by atoms with Crippen molar-refractivity contribution in [3.63, 3.8) is 0 Å². The molecule has 28 heavy (non-hydrogen) atoms. The summed E-state index contributed by atoms with van der Waals surface area (Å²) in [5.41, 5.74) is 3.28. The molecule has 1 amide bonds. The summed E-state index contributed by atoms with van der Waals surface area (Å²) in [6.45, 7) is 4.75. The smallest absolute Gasteiger partial charge is 0.242 e. The lowest BCUT2D eigenvalue weighted by Crippen LogP contribution is -2.31. The Bertz CT molecular complexity index is 880. The van der Waals surface area contributed by atoms with Crippen molar-refractivity contribution >= 4 is 45.0 Å². The molecule has 0 radical (unpaired) electrons. The molecule has 0 saturated carbocycles. The van der Waals surface area contributed by atoms with Gasteiger partial charge in [0.1, 0.15) is 0 Å². The van der Waals surface area contributed by atoms with Crippen molar-refractivity contribution in [1.29, 1.82) is 0 Å². The van der Waals surface area contributed by atoms with Crippen LogP contribution in [-0.2, 0) is 11.3 Å². The van der Waals surface area contributed by atoms with E-state index in [4.69, 9.17) is 0 Å². The molecule has 1 saturated heterocycles. The van der Waals surface area contributed by atoms with Gasteiger partial charge in [-0.15, -0.1) is 5.10 Å². The number of unbranched alkanes of at least 4 members (excludes halogenated alkanes) is 1. The number of rotatable bonds is 7. The predicted molar refractivity (Wildman–Crippen MR) is 122 cm³/mol. The summed E-state index contributed by atoms with van der Waals surface area (Å²) in [7, 11) is 0. The number of halogens is 1. The number of benzene rings is 2. The molecule has 1 aliphatic heterocycles. The summed E-state index contributed by atoms with van der Waals surface area (Å²) >= 11 is 4.96. The molecule has 0 aromatic heterocycles. The fourth-order valence-corrected chi connectivity index (χ4v) is 4.36. The van der Waals surface area contributed by atoms with Gasteiger partial charge in [-0.05, 0) is 42.2 Å². The highest BCUT2D eigenvalue weighted by Crippen LogP contribution is 2.32. The van der Waals surface area contributed by atoms with Crippen LogP contribution in [0.25, 0.3) is 0 Å². The zero-order chi connectivity index (χ0) is 19.9. The van der Waals surface area contributed by atoms with Gasteiger partial charge in [-0.2, -0.15) is 5.10 Å². The first kappa shape index (κ1) is 20.8. The Morgan fingerprint density at radius 2 is 1.93 bits per heavy atom. The third kappa shape index (κ3) is 5.32. The fraction of sp³-hybridized carbons (Fsp3) is 0.318. The summed E-state index contributed by atoms with van der Waals surface area (Å²) in [5, 5.41) is 9.27. The van der Waals surface area contributed by atoms with Crippen LogP contribution >= 0.6 is 27.7 Å². The lowest BCUT2D eigenvalue weighted by molar-refractivity contribution is -0.126. The molecule has 3 rings (SSSR count). The van der Waals surface area contributed by atoms with E-state index in [0.717, 1.165) is 34.9 Å². The van der Waals surface area contributed by atoms with Crippen molar-refractivity contribution in [2.45, 2.75) is 44.9 Å². The summed E-state index contributed by atoms with van der Waals surface area (Å²) in [6.07, 6.45) is 4.71. The first-order chi connectivity index (χ1) is 13.6. The molecule has 0 aliphatic carbocycles. The first-order valence-corrected chi connectivity index (χ1v) is 11.1.